The number of ether oxygens (including phenoxy) is 1. The Labute approximate surface area is 170 Å². The highest BCUT2D eigenvalue weighted by Gasteiger charge is 2.46. The standard InChI is InChI=1S/C21H18N2O5S/c1-11-20(29-12(2)22-11)18(24)16-17(15-5-4-10-28-15)23(21(26)19(16)25)13-6-8-14(27-3)9-7-13/h4-10,17,25H,1-3H3. The molecule has 1 N–H and O–H groups in total. The van der Waals surface area contributed by atoms with Crippen LogP contribution in [0.1, 0.15) is 32.2 Å². The maximum atomic E-state index is 13.3. The van der Waals surface area contributed by atoms with E-state index in [1.807, 2.05) is 0 Å². The number of amides is 1. The molecule has 0 fully saturated rings. The summed E-state index contributed by atoms with van der Waals surface area (Å²) in [5.74, 6) is -0.688. The Bertz CT molecular complexity index is 1110. The van der Waals surface area contributed by atoms with Gasteiger partial charge in [-0.2, -0.15) is 0 Å². The predicted octanol–water partition coefficient (Wildman–Crippen LogP) is 4.14. The first-order valence-electron chi connectivity index (χ1n) is 8.85. The molecule has 1 aliphatic heterocycles. The van der Waals surface area contributed by atoms with Crippen LogP contribution in [0.4, 0.5) is 5.69 Å². The Morgan fingerprint density at radius 3 is 2.52 bits per heavy atom. The smallest absolute Gasteiger partial charge is 0.294 e. The number of carbonyl (C=O) groups excluding carboxylic acids is 2. The number of aliphatic hydroxyl groups is 1. The summed E-state index contributed by atoms with van der Waals surface area (Å²) in [6.45, 7) is 3.53. The van der Waals surface area contributed by atoms with Crippen LogP contribution in [0, 0.1) is 13.8 Å². The number of aliphatic hydroxyl groups excluding tert-OH is 1. The molecule has 148 valence electrons. The fourth-order valence-electron chi connectivity index (χ4n) is 3.43. The Kier molecular flexibility index (Phi) is 4.71. The number of anilines is 1. The van der Waals surface area contributed by atoms with Crippen LogP contribution in [0.15, 0.2) is 58.4 Å². The summed E-state index contributed by atoms with van der Waals surface area (Å²) in [5, 5.41) is 11.4. The molecule has 0 radical (unpaired) electrons. The fourth-order valence-corrected chi connectivity index (χ4v) is 4.30. The molecule has 1 aliphatic rings. The number of thiazole rings is 1. The number of aryl methyl sites for hydroxylation is 2. The van der Waals surface area contributed by atoms with Crippen molar-refractivity contribution in [3.63, 3.8) is 0 Å². The third-order valence-electron chi connectivity index (χ3n) is 4.73. The second kappa shape index (κ2) is 7.21. The Balaban J connectivity index is 1.84. The third-order valence-corrected chi connectivity index (χ3v) is 5.80. The Morgan fingerprint density at radius 2 is 1.97 bits per heavy atom. The zero-order valence-electron chi connectivity index (χ0n) is 16.0. The van der Waals surface area contributed by atoms with Crippen LogP contribution in [0.25, 0.3) is 0 Å². The Hall–Kier alpha value is -3.39. The summed E-state index contributed by atoms with van der Waals surface area (Å²) >= 11 is 1.23. The van der Waals surface area contributed by atoms with Gasteiger partial charge in [0.15, 0.2) is 5.76 Å². The van der Waals surface area contributed by atoms with E-state index in [-0.39, 0.29) is 5.57 Å². The van der Waals surface area contributed by atoms with E-state index in [9.17, 15) is 14.7 Å². The molecular formula is C21H18N2O5S. The summed E-state index contributed by atoms with van der Waals surface area (Å²) in [7, 11) is 1.55. The highest BCUT2D eigenvalue weighted by Crippen LogP contribution is 2.43. The minimum atomic E-state index is -0.889. The summed E-state index contributed by atoms with van der Waals surface area (Å²) in [6, 6.07) is 9.24. The Morgan fingerprint density at radius 1 is 1.24 bits per heavy atom. The maximum absolute atomic E-state index is 13.3. The summed E-state index contributed by atoms with van der Waals surface area (Å²) < 4.78 is 10.7. The largest absolute Gasteiger partial charge is 0.503 e. The third kappa shape index (κ3) is 3.11. The van der Waals surface area contributed by atoms with Crippen molar-refractivity contribution in [2.24, 2.45) is 0 Å². The van der Waals surface area contributed by atoms with E-state index < -0.39 is 23.5 Å². The van der Waals surface area contributed by atoms with Crippen molar-refractivity contribution in [3.8, 4) is 5.75 Å². The molecule has 0 spiro atoms. The lowest BCUT2D eigenvalue weighted by Gasteiger charge is -2.25. The molecule has 7 nitrogen and oxygen atoms in total. The van der Waals surface area contributed by atoms with Gasteiger partial charge < -0.3 is 14.3 Å². The zero-order valence-corrected chi connectivity index (χ0v) is 16.8. The quantitative estimate of drug-likeness (QED) is 0.636. The van der Waals surface area contributed by atoms with Crippen molar-refractivity contribution in [2.45, 2.75) is 19.9 Å². The first-order chi connectivity index (χ1) is 13.9. The number of nitrogens with zero attached hydrogens (tertiary/aromatic N) is 2. The van der Waals surface area contributed by atoms with E-state index in [4.69, 9.17) is 9.15 Å². The summed E-state index contributed by atoms with van der Waals surface area (Å²) in [5.41, 5.74) is 1.04. The molecule has 1 aromatic carbocycles. The molecule has 8 heteroatoms. The van der Waals surface area contributed by atoms with Gasteiger partial charge in [-0.3, -0.25) is 14.5 Å². The molecule has 0 bridgehead atoms. The van der Waals surface area contributed by atoms with Crippen LogP contribution in [0.2, 0.25) is 0 Å². The molecule has 0 aliphatic carbocycles. The molecule has 4 rings (SSSR count). The summed E-state index contributed by atoms with van der Waals surface area (Å²) in [4.78, 5) is 32.3. The van der Waals surface area contributed by atoms with Crippen molar-refractivity contribution < 1.29 is 23.8 Å². The van der Waals surface area contributed by atoms with Gasteiger partial charge in [-0.25, -0.2) is 4.98 Å². The average molecular weight is 410 g/mol. The summed E-state index contributed by atoms with van der Waals surface area (Å²) in [6.07, 6.45) is 1.46. The van der Waals surface area contributed by atoms with Gasteiger partial charge in [-0.05, 0) is 50.2 Å². The lowest BCUT2D eigenvalue weighted by atomic mass is 9.99. The first-order valence-corrected chi connectivity index (χ1v) is 9.67. The molecule has 0 saturated heterocycles. The van der Waals surface area contributed by atoms with Gasteiger partial charge >= 0.3 is 0 Å². The van der Waals surface area contributed by atoms with Gasteiger partial charge in [0.1, 0.15) is 17.6 Å². The SMILES string of the molecule is COc1ccc(N2C(=O)C(O)=C(C(=O)c3sc(C)nc3C)C2c2ccco2)cc1. The second-order valence-corrected chi connectivity index (χ2v) is 7.73. The van der Waals surface area contributed by atoms with E-state index in [2.05, 4.69) is 4.98 Å². The van der Waals surface area contributed by atoms with Gasteiger partial charge in [0.25, 0.3) is 5.91 Å². The number of hydrogen-bond acceptors (Lipinski definition) is 7. The van der Waals surface area contributed by atoms with Gasteiger partial charge in [0.2, 0.25) is 5.78 Å². The highest BCUT2D eigenvalue weighted by atomic mass is 32.1. The molecule has 3 aromatic rings. The van der Waals surface area contributed by atoms with Gasteiger partial charge in [-0.15, -0.1) is 11.3 Å². The van der Waals surface area contributed by atoms with Gasteiger partial charge in [-0.1, -0.05) is 0 Å². The number of carbonyl (C=O) groups is 2. The molecule has 1 atom stereocenters. The second-order valence-electron chi connectivity index (χ2n) is 6.53. The van der Waals surface area contributed by atoms with Crippen LogP contribution < -0.4 is 9.64 Å². The van der Waals surface area contributed by atoms with Gasteiger partial charge in [0.05, 0.1) is 34.5 Å². The van der Waals surface area contributed by atoms with E-state index in [1.165, 1.54) is 22.5 Å². The zero-order chi connectivity index (χ0) is 20.7. The van der Waals surface area contributed by atoms with Crippen LogP contribution in [-0.4, -0.2) is 28.9 Å². The molecule has 1 amide bonds. The number of aromatic nitrogens is 1. The van der Waals surface area contributed by atoms with Crippen LogP contribution in [-0.2, 0) is 4.79 Å². The van der Waals surface area contributed by atoms with E-state index in [1.54, 1.807) is 57.4 Å². The fraction of sp³-hybridized carbons (Fsp3) is 0.190. The molecular weight excluding hydrogens is 392 g/mol. The lowest BCUT2D eigenvalue weighted by Crippen LogP contribution is -2.30. The predicted molar refractivity (Wildman–Crippen MR) is 108 cm³/mol. The number of rotatable bonds is 5. The average Bonchev–Trinajstić information content (AvgIpc) is 3.41. The number of hydrogen-bond donors (Lipinski definition) is 1. The van der Waals surface area contributed by atoms with Crippen molar-refractivity contribution in [3.05, 3.63) is 75.3 Å². The highest BCUT2D eigenvalue weighted by molar-refractivity contribution is 7.14. The maximum Gasteiger partial charge on any atom is 0.294 e. The minimum Gasteiger partial charge on any atom is -0.503 e. The number of methoxy groups -OCH3 is 1. The topological polar surface area (TPSA) is 92.9 Å². The van der Waals surface area contributed by atoms with Crippen LogP contribution in [0.3, 0.4) is 0 Å². The molecule has 2 aromatic heterocycles. The molecule has 3 heterocycles. The van der Waals surface area contributed by atoms with Crippen molar-refractivity contribution >= 4 is 28.7 Å². The number of ketones is 1. The normalized spacial score (nSPS) is 16.6. The molecule has 29 heavy (non-hydrogen) atoms. The monoisotopic (exact) mass is 410 g/mol. The first kappa shape index (κ1) is 18.9. The number of benzene rings is 1. The van der Waals surface area contributed by atoms with Crippen molar-refractivity contribution in [1.82, 2.24) is 4.98 Å². The van der Waals surface area contributed by atoms with Crippen LogP contribution >= 0.6 is 11.3 Å². The van der Waals surface area contributed by atoms with E-state index >= 15 is 0 Å². The molecule has 1 unspecified atom stereocenters. The molecule has 0 saturated carbocycles. The van der Waals surface area contributed by atoms with Crippen LogP contribution in [0.5, 0.6) is 5.75 Å². The minimum absolute atomic E-state index is 0.0208. The van der Waals surface area contributed by atoms with Crippen molar-refractivity contribution in [1.29, 1.82) is 0 Å². The van der Waals surface area contributed by atoms with E-state index in [0.717, 1.165) is 5.01 Å². The number of Topliss-reactive ketones (excluding diaryl/α,β-unsaturated/α-hetero) is 1. The van der Waals surface area contributed by atoms with Gasteiger partial charge in [0, 0.05) is 5.69 Å². The van der Waals surface area contributed by atoms with E-state index in [0.29, 0.717) is 27.8 Å². The van der Waals surface area contributed by atoms with Crippen molar-refractivity contribution in [2.75, 3.05) is 12.0 Å². The lowest BCUT2D eigenvalue weighted by molar-refractivity contribution is -0.117. The number of furan rings is 1.